The van der Waals surface area contributed by atoms with Crippen molar-refractivity contribution in [3.63, 3.8) is 0 Å². The van der Waals surface area contributed by atoms with Crippen molar-refractivity contribution >= 4 is 17.2 Å². The molecule has 0 heterocycles. The quantitative estimate of drug-likeness (QED) is 0.573. The normalized spacial score (nSPS) is 11.4. The Labute approximate surface area is 145 Å². The zero-order valence-corrected chi connectivity index (χ0v) is 13.4. The molecule has 0 radical (unpaired) electrons. The lowest BCUT2D eigenvalue weighted by Crippen LogP contribution is -2.14. The van der Waals surface area contributed by atoms with Gasteiger partial charge in [0, 0.05) is 16.8 Å². The molecule has 0 saturated carbocycles. The first-order valence-corrected chi connectivity index (χ1v) is 7.92. The minimum absolute atomic E-state index is 0.208. The van der Waals surface area contributed by atoms with Crippen LogP contribution in [0.15, 0.2) is 73.3 Å². The molecule has 0 aromatic heterocycles. The van der Waals surface area contributed by atoms with E-state index in [0.29, 0.717) is 16.8 Å². The van der Waals surface area contributed by atoms with Crippen LogP contribution in [0.2, 0.25) is 0 Å². The van der Waals surface area contributed by atoms with E-state index in [9.17, 15) is 4.79 Å². The predicted molar refractivity (Wildman–Crippen MR) is 99.1 cm³/mol. The monoisotopic (exact) mass is 322 g/mol. The van der Waals surface area contributed by atoms with E-state index in [1.165, 1.54) is 0 Å². The molecule has 3 aromatic carbocycles. The summed E-state index contributed by atoms with van der Waals surface area (Å²) < 4.78 is 0. The maximum atomic E-state index is 12.8. The molecule has 0 saturated heterocycles. The molecular weight excluding hydrogens is 308 g/mol. The smallest absolute Gasteiger partial charge is 0.256 e. The third kappa shape index (κ3) is 2.41. The fourth-order valence-corrected chi connectivity index (χ4v) is 3.27. The van der Waals surface area contributed by atoms with Gasteiger partial charge in [-0.05, 0) is 46.5 Å². The molecular formula is C22H14N2O. The Morgan fingerprint density at radius 3 is 2.44 bits per heavy atom. The maximum Gasteiger partial charge on any atom is 0.256 e. The minimum Gasteiger partial charge on any atom is -0.322 e. The fourth-order valence-electron chi connectivity index (χ4n) is 3.27. The van der Waals surface area contributed by atoms with E-state index in [-0.39, 0.29) is 5.91 Å². The van der Waals surface area contributed by atoms with Gasteiger partial charge >= 0.3 is 0 Å². The standard InChI is InChI=1S/C22H14N2O/c1-14-17-8-2-3-9-18(17)19-10-5-11-20(21(14)19)22(25)24-16-7-4-6-15(12-16)13-23/h2-12H,1H2,(H,24,25). The Bertz CT molecular complexity index is 1070. The van der Waals surface area contributed by atoms with Crippen LogP contribution in [-0.2, 0) is 0 Å². The second-order valence-corrected chi connectivity index (χ2v) is 5.90. The average molecular weight is 322 g/mol. The molecule has 3 nitrogen and oxygen atoms in total. The summed E-state index contributed by atoms with van der Waals surface area (Å²) in [6.07, 6.45) is 0. The third-order valence-corrected chi connectivity index (χ3v) is 4.40. The number of fused-ring (bicyclic) bond motifs is 3. The second-order valence-electron chi connectivity index (χ2n) is 5.90. The van der Waals surface area contributed by atoms with Crippen molar-refractivity contribution in [2.24, 2.45) is 0 Å². The Hall–Kier alpha value is -3.64. The van der Waals surface area contributed by atoms with Gasteiger partial charge in [0.15, 0.2) is 0 Å². The molecule has 0 aliphatic heterocycles. The zero-order valence-electron chi connectivity index (χ0n) is 13.4. The lowest BCUT2D eigenvalue weighted by Gasteiger charge is -2.10. The molecule has 3 aromatic rings. The summed E-state index contributed by atoms with van der Waals surface area (Å²) in [5.74, 6) is -0.208. The molecule has 4 rings (SSSR count). The molecule has 3 heteroatoms. The molecule has 0 fully saturated rings. The molecule has 0 spiro atoms. The maximum absolute atomic E-state index is 12.8. The molecule has 1 amide bonds. The van der Waals surface area contributed by atoms with E-state index in [1.807, 2.05) is 36.4 Å². The van der Waals surface area contributed by atoms with Crippen molar-refractivity contribution in [2.75, 3.05) is 5.32 Å². The number of nitrogens with zero attached hydrogens (tertiary/aromatic N) is 1. The second kappa shape index (κ2) is 5.77. The van der Waals surface area contributed by atoms with Gasteiger partial charge in [-0.3, -0.25) is 4.79 Å². The highest BCUT2D eigenvalue weighted by molar-refractivity contribution is 6.13. The third-order valence-electron chi connectivity index (χ3n) is 4.40. The predicted octanol–water partition coefficient (Wildman–Crippen LogP) is 4.85. The van der Waals surface area contributed by atoms with Crippen molar-refractivity contribution in [1.82, 2.24) is 0 Å². The van der Waals surface area contributed by atoms with E-state index < -0.39 is 0 Å². The van der Waals surface area contributed by atoms with Crippen LogP contribution in [-0.4, -0.2) is 5.91 Å². The van der Waals surface area contributed by atoms with E-state index in [0.717, 1.165) is 27.8 Å². The highest BCUT2D eigenvalue weighted by Gasteiger charge is 2.26. The highest BCUT2D eigenvalue weighted by Crippen LogP contribution is 2.44. The van der Waals surface area contributed by atoms with Gasteiger partial charge < -0.3 is 5.32 Å². The van der Waals surface area contributed by atoms with Crippen molar-refractivity contribution in [1.29, 1.82) is 5.26 Å². The van der Waals surface area contributed by atoms with Crippen LogP contribution in [0, 0.1) is 11.3 Å². The number of carbonyl (C=O) groups is 1. The first kappa shape index (κ1) is 14.9. The SMILES string of the molecule is C=C1c2ccccc2-c2cccc(C(=O)Nc3cccc(C#N)c3)c21. The molecule has 25 heavy (non-hydrogen) atoms. The van der Waals surface area contributed by atoms with Gasteiger partial charge in [-0.1, -0.05) is 49.0 Å². The number of hydrogen-bond donors (Lipinski definition) is 1. The molecule has 1 N–H and O–H groups in total. The fraction of sp³-hybridized carbons (Fsp3) is 0. The van der Waals surface area contributed by atoms with Crippen LogP contribution in [0.25, 0.3) is 16.7 Å². The summed E-state index contributed by atoms with van der Waals surface area (Å²) in [5.41, 5.74) is 6.61. The van der Waals surface area contributed by atoms with Crippen LogP contribution in [0.1, 0.15) is 27.0 Å². The molecule has 0 unspecified atom stereocenters. The van der Waals surface area contributed by atoms with E-state index in [4.69, 9.17) is 5.26 Å². The van der Waals surface area contributed by atoms with Gasteiger partial charge in [0.1, 0.15) is 0 Å². The highest BCUT2D eigenvalue weighted by atomic mass is 16.1. The summed E-state index contributed by atoms with van der Waals surface area (Å²) in [6, 6.07) is 22.7. The lowest BCUT2D eigenvalue weighted by atomic mass is 9.98. The average Bonchev–Trinajstić information content (AvgIpc) is 2.95. The van der Waals surface area contributed by atoms with Crippen molar-refractivity contribution < 1.29 is 4.79 Å². The van der Waals surface area contributed by atoms with Gasteiger partial charge in [-0.25, -0.2) is 0 Å². The number of anilines is 1. The summed E-state index contributed by atoms with van der Waals surface area (Å²) >= 11 is 0. The number of hydrogen-bond acceptors (Lipinski definition) is 2. The molecule has 1 aliphatic rings. The Kier molecular flexibility index (Phi) is 3.45. The lowest BCUT2D eigenvalue weighted by molar-refractivity contribution is 0.102. The zero-order chi connectivity index (χ0) is 17.4. The Balaban J connectivity index is 1.75. The Morgan fingerprint density at radius 2 is 1.64 bits per heavy atom. The molecule has 0 atom stereocenters. The van der Waals surface area contributed by atoms with Crippen molar-refractivity contribution in [3.05, 3.63) is 95.6 Å². The number of rotatable bonds is 2. The number of carbonyl (C=O) groups excluding carboxylic acids is 1. The number of nitriles is 1. The summed E-state index contributed by atoms with van der Waals surface area (Å²) in [5, 5.41) is 11.9. The minimum atomic E-state index is -0.208. The van der Waals surface area contributed by atoms with Gasteiger partial charge in [0.05, 0.1) is 11.6 Å². The van der Waals surface area contributed by atoms with Gasteiger partial charge in [0.2, 0.25) is 0 Å². The first-order valence-electron chi connectivity index (χ1n) is 7.92. The molecule has 118 valence electrons. The topological polar surface area (TPSA) is 52.9 Å². The van der Waals surface area contributed by atoms with E-state index in [2.05, 4.69) is 18.0 Å². The van der Waals surface area contributed by atoms with Gasteiger partial charge in [0.25, 0.3) is 5.91 Å². The van der Waals surface area contributed by atoms with Gasteiger partial charge in [-0.2, -0.15) is 5.26 Å². The molecule has 0 bridgehead atoms. The van der Waals surface area contributed by atoms with Crippen LogP contribution >= 0.6 is 0 Å². The first-order chi connectivity index (χ1) is 12.2. The van der Waals surface area contributed by atoms with Crippen molar-refractivity contribution in [3.8, 4) is 17.2 Å². The number of nitrogens with one attached hydrogen (secondary N) is 1. The summed E-state index contributed by atoms with van der Waals surface area (Å²) in [6.45, 7) is 4.19. The summed E-state index contributed by atoms with van der Waals surface area (Å²) in [4.78, 5) is 12.8. The number of amides is 1. The van der Waals surface area contributed by atoms with E-state index >= 15 is 0 Å². The number of benzene rings is 3. The van der Waals surface area contributed by atoms with Crippen LogP contribution in [0.4, 0.5) is 5.69 Å². The summed E-state index contributed by atoms with van der Waals surface area (Å²) in [7, 11) is 0. The Morgan fingerprint density at radius 1 is 0.920 bits per heavy atom. The van der Waals surface area contributed by atoms with Crippen LogP contribution < -0.4 is 5.32 Å². The largest absolute Gasteiger partial charge is 0.322 e. The van der Waals surface area contributed by atoms with Crippen LogP contribution in [0.3, 0.4) is 0 Å². The van der Waals surface area contributed by atoms with Gasteiger partial charge in [-0.15, -0.1) is 0 Å². The van der Waals surface area contributed by atoms with Crippen LogP contribution in [0.5, 0.6) is 0 Å². The molecule has 1 aliphatic carbocycles. The van der Waals surface area contributed by atoms with Crippen molar-refractivity contribution in [2.45, 2.75) is 0 Å². The van der Waals surface area contributed by atoms with E-state index in [1.54, 1.807) is 30.3 Å².